The van der Waals surface area contributed by atoms with Crippen LogP contribution in [0.3, 0.4) is 0 Å². The molecular formula is C9H6ClN3O2. The van der Waals surface area contributed by atoms with Crippen LogP contribution in [0.4, 0.5) is 11.4 Å². The Morgan fingerprint density at radius 3 is 2.60 bits per heavy atom. The van der Waals surface area contributed by atoms with Crippen LogP contribution in [-0.2, 0) is 0 Å². The maximum atomic E-state index is 10.9. The van der Waals surface area contributed by atoms with Crippen LogP contribution in [0.25, 0.3) is 0 Å². The molecule has 76 valence electrons. The molecule has 1 N–H and O–H groups in total. The Bertz CT molecular complexity index is 544. The number of azo groups is 1. The van der Waals surface area contributed by atoms with Crippen molar-refractivity contribution in [1.82, 2.24) is 5.16 Å². The molecule has 0 aliphatic heterocycles. The molecule has 0 aliphatic rings. The molecule has 2 aromatic rings. The highest BCUT2D eigenvalue weighted by Crippen LogP contribution is 2.24. The van der Waals surface area contributed by atoms with E-state index in [0.29, 0.717) is 10.7 Å². The van der Waals surface area contributed by atoms with Crippen molar-refractivity contribution >= 4 is 23.0 Å². The minimum Gasteiger partial charge on any atom is -0.337 e. The molecule has 15 heavy (non-hydrogen) atoms. The number of nitrogens with zero attached hydrogens (tertiary/aromatic N) is 2. The third-order valence-electron chi connectivity index (χ3n) is 1.67. The van der Waals surface area contributed by atoms with Gasteiger partial charge in [0.1, 0.15) is 5.69 Å². The molecule has 0 amide bonds. The SMILES string of the molecule is O=c1o[nH]cc1N=Nc1ccccc1Cl. The maximum absolute atomic E-state index is 10.9. The van der Waals surface area contributed by atoms with Gasteiger partial charge in [-0.25, -0.2) is 9.95 Å². The van der Waals surface area contributed by atoms with Crippen LogP contribution < -0.4 is 5.63 Å². The van der Waals surface area contributed by atoms with Crippen LogP contribution in [0.1, 0.15) is 0 Å². The Morgan fingerprint density at radius 1 is 1.20 bits per heavy atom. The van der Waals surface area contributed by atoms with Crippen molar-refractivity contribution in [3.63, 3.8) is 0 Å². The molecule has 0 aliphatic carbocycles. The van der Waals surface area contributed by atoms with Gasteiger partial charge in [0.25, 0.3) is 0 Å². The van der Waals surface area contributed by atoms with Gasteiger partial charge < -0.3 is 4.52 Å². The van der Waals surface area contributed by atoms with Crippen LogP contribution in [0.2, 0.25) is 5.02 Å². The van der Waals surface area contributed by atoms with Gasteiger partial charge in [-0.15, -0.1) is 10.2 Å². The highest BCUT2D eigenvalue weighted by molar-refractivity contribution is 6.32. The molecule has 6 heteroatoms. The molecule has 0 atom stereocenters. The van der Waals surface area contributed by atoms with E-state index in [-0.39, 0.29) is 5.69 Å². The van der Waals surface area contributed by atoms with E-state index in [1.54, 1.807) is 24.3 Å². The summed E-state index contributed by atoms with van der Waals surface area (Å²) in [5.41, 5.74) is 0.0421. The zero-order chi connectivity index (χ0) is 10.7. The Hall–Kier alpha value is -1.88. The van der Waals surface area contributed by atoms with Gasteiger partial charge in [0.15, 0.2) is 5.69 Å². The first-order valence-electron chi connectivity index (χ1n) is 4.10. The normalized spacial score (nSPS) is 11.0. The number of hydrogen-bond acceptors (Lipinski definition) is 4. The molecule has 1 aromatic carbocycles. The number of aromatic nitrogens is 1. The molecule has 1 heterocycles. The predicted octanol–water partition coefficient (Wildman–Crippen LogP) is 3.04. The van der Waals surface area contributed by atoms with E-state index in [1.807, 2.05) is 0 Å². The number of rotatable bonds is 2. The van der Waals surface area contributed by atoms with E-state index < -0.39 is 5.63 Å². The smallest absolute Gasteiger partial charge is 0.337 e. The lowest BCUT2D eigenvalue weighted by Gasteiger charge is -1.92. The zero-order valence-corrected chi connectivity index (χ0v) is 8.23. The van der Waals surface area contributed by atoms with E-state index >= 15 is 0 Å². The largest absolute Gasteiger partial charge is 0.384 e. The first kappa shape index (κ1) is 9.67. The first-order valence-corrected chi connectivity index (χ1v) is 4.48. The molecule has 1 aromatic heterocycles. The third-order valence-corrected chi connectivity index (χ3v) is 1.99. The average Bonchev–Trinajstić information content (AvgIpc) is 2.63. The standard InChI is InChI=1S/C9H6ClN3O2/c10-6-3-1-2-4-7(6)12-13-8-5-11-15-9(8)14/h1-5,11H. The number of halogens is 1. The number of aromatic amines is 1. The van der Waals surface area contributed by atoms with E-state index in [4.69, 9.17) is 11.6 Å². The van der Waals surface area contributed by atoms with Gasteiger partial charge in [0.2, 0.25) is 0 Å². The summed E-state index contributed by atoms with van der Waals surface area (Å²) in [6.45, 7) is 0. The number of benzene rings is 1. The second-order valence-electron chi connectivity index (χ2n) is 2.69. The molecule has 0 saturated carbocycles. The van der Waals surface area contributed by atoms with Crippen molar-refractivity contribution in [1.29, 1.82) is 0 Å². The maximum Gasteiger partial charge on any atom is 0.384 e. The summed E-state index contributed by atoms with van der Waals surface area (Å²) in [4.78, 5) is 10.9. The Labute approximate surface area is 89.4 Å². The quantitative estimate of drug-likeness (QED) is 0.795. The van der Waals surface area contributed by atoms with Gasteiger partial charge in [-0.3, -0.25) is 0 Å². The molecular weight excluding hydrogens is 218 g/mol. The molecule has 0 bridgehead atoms. The van der Waals surface area contributed by atoms with E-state index in [0.717, 1.165) is 0 Å². The number of nitrogens with one attached hydrogen (secondary N) is 1. The monoisotopic (exact) mass is 223 g/mol. The summed E-state index contributed by atoms with van der Waals surface area (Å²) in [6, 6.07) is 6.95. The van der Waals surface area contributed by atoms with Crippen molar-refractivity contribution < 1.29 is 4.52 Å². The molecule has 2 rings (SSSR count). The minimum atomic E-state index is -0.564. The molecule has 0 saturated heterocycles. The summed E-state index contributed by atoms with van der Waals surface area (Å²) in [5.74, 6) is 0. The Kier molecular flexibility index (Phi) is 2.64. The van der Waals surface area contributed by atoms with Crippen LogP contribution in [-0.4, -0.2) is 5.16 Å². The first-order chi connectivity index (χ1) is 7.27. The fourth-order valence-corrected chi connectivity index (χ4v) is 1.13. The third kappa shape index (κ3) is 2.13. The summed E-state index contributed by atoms with van der Waals surface area (Å²) in [6.07, 6.45) is 1.32. The fourth-order valence-electron chi connectivity index (χ4n) is 0.960. The predicted molar refractivity (Wildman–Crippen MR) is 55.0 cm³/mol. The van der Waals surface area contributed by atoms with Gasteiger partial charge in [0.05, 0.1) is 11.2 Å². The second-order valence-corrected chi connectivity index (χ2v) is 3.10. The van der Waals surface area contributed by atoms with E-state index in [2.05, 4.69) is 19.9 Å². The van der Waals surface area contributed by atoms with Crippen LogP contribution >= 0.6 is 11.6 Å². The molecule has 5 nitrogen and oxygen atoms in total. The minimum absolute atomic E-state index is 0.106. The summed E-state index contributed by atoms with van der Waals surface area (Å²) < 4.78 is 4.42. The highest BCUT2D eigenvalue weighted by Gasteiger charge is 2.00. The second kappa shape index (κ2) is 4.10. The summed E-state index contributed by atoms with van der Waals surface area (Å²) in [7, 11) is 0. The lowest BCUT2D eigenvalue weighted by molar-refractivity contribution is 0.392. The molecule has 0 spiro atoms. The lowest BCUT2D eigenvalue weighted by Crippen LogP contribution is -1.88. The highest BCUT2D eigenvalue weighted by atomic mass is 35.5. The topological polar surface area (TPSA) is 70.7 Å². The Morgan fingerprint density at radius 2 is 1.93 bits per heavy atom. The lowest BCUT2D eigenvalue weighted by atomic mass is 10.3. The Balaban J connectivity index is 2.30. The van der Waals surface area contributed by atoms with Crippen molar-refractivity contribution in [3.8, 4) is 0 Å². The molecule has 0 radical (unpaired) electrons. The van der Waals surface area contributed by atoms with E-state index in [9.17, 15) is 4.79 Å². The zero-order valence-electron chi connectivity index (χ0n) is 7.48. The van der Waals surface area contributed by atoms with Crippen LogP contribution in [0.15, 0.2) is 50.0 Å². The summed E-state index contributed by atoms with van der Waals surface area (Å²) >= 11 is 5.84. The van der Waals surface area contributed by atoms with Crippen molar-refractivity contribution in [2.75, 3.05) is 0 Å². The van der Waals surface area contributed by atoms with Crippen molar-refractivity contribution in [2.24, 2.45) is 10.2 Å². The van der Waals surface area contributed by atoms with Gasteiger partial charge in [0, 0.05) is 0 Å². The average molecular weight is 224 g/mol. The van der Waals surface area contributed by atoms with Gasteiger partial charge >= 0.3 is 5.63 Å². The van der Waals surface area contributed by atoms with Gasteiger partial charge in [-0.05, 0) is 12.1 Å². The van der Waals surface area contributed by atoms with Crippen molar-refractivity contribution in [3.05, 3.63) is 45.9 Å². The number of hydrogen-bond donors (Lipinski definition) is 1. The molecule has 0 fully saturated rings. The van der Waals surface area contributed by atoms with Gasteiger partial charge in [-0.1, -0.05) is 23.7 Å². The van der Waals surface area contributed by atoms with Crippen LogP contribution in [0.5, 0.6) is 0 Å². The van der Waals surface area contributed by atoms with E-state index in [1.165, 1.54) is 6.20 Å². The fraction of sp³-hybridized carbons (Fsp3) is 0. The van der Waals surface area contributed by atoms with Gasteiger partial charge in [-0.2, -0.15) is 0 Å². The van der Waals surface area contributed by atoms with Crippen LogP contribution in [0, 0.1) is 0 Å². The van der Waals surface area contributed by atoms with Crippen molar-refractivity contribution in [2.45, 2.75) is 0 Å². The summed E-state index contributed by atoms with van der Waals surface area (Å²) in [5, 5.41) is 10.3. The molecule has 0 unspecified atom stereocenters. The number of H-pyrrole nitrogens is 1.